The van der Waals surface area contributed by atoms with Crippen LogP contribution in [-0.2, 0) is 9.59 Å². The van der Waals surface area contributed by atoms with Gasteiger partial charge in [-0.1, -0.05) is 136 Å². The lowest BCUT2D eigenvalue weighted by molar-refractivity contribution is -0.133. The van der Waals surface area contributed by atoms with Gasteiger partial charge in [0.25, 0.3) is 0 Å². The van der Waals surface area contributed by atoms with Gasteiger partial charge < -0.3 is 33.2 Å². The molecule has 0 bridgehead atoms. The van der Waals surface area contributed by atoms with Gasteiger partial charge in [-0.15, -0.1) is 0 Å². The third-order valence-corrected chi connectivity index (χ3v) is 8.24. The first-order valence-electron chi connectivity index (χ1n) is 18.0. The zero-order valence-corrected chi connectivity index (χ0v) is 28.3. The van der Waals surface area contributed by atoms with E-state index >= 15 is 0 Å². The van der Waals surface area contributed by atoms with Crippen LogP contribution in [0.15, 0.2) is 4.99 Å². The quantitative estimate of drug-likeness (QED) is 0.0374. The monoisotopic (exact) mass is 610 g/mol. The van der Waals surface area contributed by atoms with Gasteiger partial charge in [-0.3, -0.25) is 14.6 Å². The van der Waals surface area contributed by atoms with Crippen LogP contribution in [0, 0.1) is 0 Å². The van der Waals surface area contributed by atoms with Gasteiger partial charge in [-0.2, -0.15) is 0 Å². The Morgan fingerprint density at radius 1 is 0.605 bits per heavy atom. The number of rotatable bonds is 31. The number of unbranched alkanes of at least 4 members (excludes halogenated alkanes) is 19. The highest BCUT2D eigenvalue weighted by Gasteiger charge is 2.22. The highest BCUT2D eigenvalue weighted by atomic mass is 16.2. The predicted octanol–water partition coefficient (Wildman–Crippen LogP) is 5.87. The first-order chi connectivity index (χ1) is 20.8. The fourth-order valence-electron chi connectivity index (χ4n) is 5.40. The van der Waals surface area contributed by atoms with Crippen molar-refractivity contribution < 1.29 is 9.59 Å². The molecule has 0 aromatic carbocycles. The third-order valence-electron chi connectivity index (χ3n) is 8.24. The van der Waals surface area contributed by atoms with Crippen LogP contribution in [0.3, 0.4) is 0 Å². The van der Waals surface area contributed by atoms with Crippen LogP contribution in [0.2, 0.25) is 0 Å². The molecule has 0 saturated heterocycles. The summed E-state index contributed by atoms with van der Waals surface area (Å²) in [7, 11) is 0. The molecule has 254 valence electrons. The fraction of sp³-hybridized carbons (Fsp3) is 0.912. The molecule has 0 aromatic heterocycles. The van der Waals surface area contributed by atoms with Gasteiger partial charge in [0.2, 0.25) is 11.8 Å². The molecule has 0 aliphatic rings. The fourth-order valence-corrected chi connectivity index (χ4v) is 5.40. The largest absolute Gasteiger partial charge is 0.370 e. The van der Waals surface area contributed by atoms with Crippen LogP contribution < -0.4 is 28.3 Å². The molecule has 0 heterocycles. The van der Waals surface area contributed by atoms with E-state index in [4.69, 9.17) is 22.9 Å². The SMILES string of the molecule is CCCCCCCCCCCCCCCCN(CCCCCCCCC)C(=O)C(N)CNC(=O)C(N)CCCN=C(N)N. The van der Waals surface area contributed by atoms with Crippen molar-refractivity contribution in [3.05, 3.63) is 0 Å². The minimum Gasteiger partial charge on any atom is -0.370 e. The molecule has 0 saturated carbocycles. The number of guanidine groups is 1. The summed E-state index contributed by atoms with van der Waals surface area (Å²) in [5, 5.41) is 2.76. The number of hydrogen-bond donors (Lipinski definition) is 5. The molecule has 0 aliphatic carbocycles. The number of nitrogens with one attached hydrogen (secondary N) is 1. The summed E-state index contributed by atoms with van der Waals surface area (Å²) < 4.78 is 0. The summed E-state index contributed by atoms with van der Waals surface area (Å²) in [6.07, 6.45) is 27.9. The Labute approximate surface area is 265 Å². The van der Waals surface area contributed by atoms with E-state index in [2.05, 4.69) is 24.2 Å². The van der Waals surface area contributed by atoms with Crippen LogP contribution in [0.4, 0.5) is 0 Å². The maximum absolute atomic E-state index is 13.3. The molecule has 9 N–H and O–H groups in total. The number of hydrogen-bond acceptors (Lipinski definition) is 5. The lowest BCUT2D eigenvalue weighted by Crippen LogP contribution is -2.52. The number of carbonyl (C=O) groups is 2. The zero-order valence-electron chi connectivity index (χ0n) is 28.3. The van der Waals surface area contributed by atoms with E-state index in [0.717, 1.165) is 38.8 Å². The number of nitrogens with two attached hydrogens (primary N) is 4. The minimum absolute atomic E-state index is 0.0256. The van der Waals surface area contributed by atoms with Crippen molar-refractivity contribution in [2.24, 2.45) is 27.9 Å². The van der Waals surface area contributed by atoms with E-state index in [1.54, 1.807) is 0 Å². The highest BCUT2D eigenvalue weighted by molar-refractivity contribution is 5.85. The van der Waals surface area contributed by atoms with E-state index in [0.29, 0.717) is 19.4 Å². The number of aliphatic imine (C=N–C) groups is 1. The van der Waals surface area contributed by atoms with Crippen molar-refractivity contribution in [1.29, 1.82) is 0 Å². The smallest absolute Gasteiger partial charge is 0.241 e. The second-order valence-corrected chi connectivity index (χ2v) is 12.4. The molecule has 0 aromatic rings. The molecule has 0 radical (unpaired) electrons. The van der Waals surface area contributed by atoms with Crippen LogP contribution in [-0.4, -0.2) is 60.9 Å². The van der Waals surface area contributed by atoms with Crippen LogP contribution in [0.25, 0.3) is 0 Å². The van der Waals surface area contributed by atoms with E-state index in [1.165, 1.54) is 109 Å². The van der Waals surface area contributed by atoms with Crippen LogP contribution >= 0.6 is 0 Å². The topological polar surface area (TPSA) is 166 Å². The summed E-state index contributed by atoms with van der Waals surface area (Å²) in [5.74, 6) is -0.362. The average molecular weight is 610 g/mol. The van der Waals surface area contributed by atoms with Gasteiger partial charge in [-0.05, 0) is 25.7 Å². The van der Waals surface area contributed by atoms with Crippen LogP contribution in [0.5, 0.6) is 0 Å². The number of amides is 2. The van der Waals surface area contributed by atoms with Gasteiger partial charge in [0.05, 0.1) is 6.04 Å². The van der Waals surface area contributed by atoms with Gasteiger partial charge in [0.15, 0.2) is 5.96 Å². The Bertz CT molecular complexity index is 686. The van der Waals surface area contributed by atoms with Crippen molar-refractivity contribution in [1.82, 2.24) is 10.2 Å². The Morgan fingerprint density at radius 3 is 1.40 bits per heavy atom. The lowest BCUT2D eigenvalue weighted by atomic mass is 10.0. The summed E-state index contributed by atoms with van der Waals surface area (Å²) >= 11 is 0. The van der Waals surface area contributed by atoms with Gasteiger partial charge in [0, 0.05) is 26.2 Å². The molecule has 2 atom stereocenters. The minimum atomic E-state index is -0.769. The molecule has 9 nitrogen and oxygen atoms in total. The Hall–Kier alpha value is -1.87. The van der Waals surface area contributed by atoms with E-state index in [9.17, 15) is 9.59 Å². The Kier molecular flexibility index (Phi) is 28.9. The number of carbonyl (C=O) groups excluding carboxylic acids is 2. The summed E-state index contributed by atoms with van der Waals surface area (Å²) in [4.78, 5) is 31.5. The highest BCUT2D eigenvalue weighted by Crippen LogP contribution is 2.14. The second-order valence-electron chi connectivity index (χ2n) is 12.4. The molecular formula is C34H71N7O2. The lowest BCUT2D eigenvalue weighted by Gasteiger charge is -2.26. The molecule has 9 heteroatoms. The van der Waals surface area contributed by atoms with Crippen molar-refractivity contribution in [2.45, 2.75) is 174 Å². The molecule has 0 fully saturated rings. The van der Waals surface area contributed by atoms with E-state index in [1.807, 2.05) is 4.90 Å². The maximum atomic E-state index is 13.3. The molecule has 2 unspecified atom stereocenters. The normalized spacial score (nSPS) is 12.6. The Morgan fingerprint density at radius 2 is 1.00 bits per heavy atom. The molecule has 0 rings (SSSR count). The average Bonchev–Trinajstić information content (AvgIpc) is 2.99. The van der Waals surface area contributed by atoms with Crippen molar-refractivity contribution in [2.75, 3.05) is 26.2 Å². The van der Waals surface area contributed by atoms with Gasteiger partial charge >= 0.3 is 0 Å². The zero-order chi connectivity index (χ0) is 32.0. The summed E-state index contributed by atoms with van der Waals surface area (Å²) in [6, 6.07) is -1.45. The van der Waals surface area contributed by atoms with E-state index < -0.39 is 12.1 Å². The number of nitrogens with zero attached hydrogens (tertiary/aromatic N) is 2. The summed E-state index contributed by atoms with van der Waals surface area (Å²) in [6.45, 7) is 6.48. The molecule has 43 heavy (non-hydrogen) atoms. The maximum Gasteiger partial charge on any atom is 0.241 e. The van der Waals surface area contributed by atoms with Crippen molar-refractivity contribution in [3.8, 4) is 0 Å². The van der Waals surface area contributed by atoms with E-state index in [-0.39, 0.29) is 24.3 Å². The molecule has 0 spiro atoms. The second kappa shape index (κ2) is 30.2. The van der Waals surface area contributed by atoms with Crippen LogP contribution in [0.1, 0.15) is 162 Å². The predicted molar refractivity (Wildman–Crippen MR) is 184 cm³/mol. The van der Waals surface area contributed by atoms with Crippen molar-refractivity contribution >= 4 is 17.8 Å². The first kappa shape index (κ1) is 41.1. The third kappa shape index (κ3) is 26.3. The van der Waals surface area contributed by atoms with Gasteiger partial charge in [-0.25, -0.2) is 0 Å². The standard InChI is InChI=1S/C34H71N7O2/c1-3-5-7-9-11-12-13-14-15-16-17-19-21-23-28-41(27-22-20-18-10-8-6-4-2)33(43)31(36)29-40-32(42)30(35)25-24-26-39-34(37)38/h30-31H,3-29,35-36H2,1-2H3,(H,40,42)(H4,37,38,39). The Balaban J connectivity index is 4.39. The molecule has 2 amide bonds. The first-order valence-corrected chi connectivity index (χ1v) is 18.0. The molecular weight excluding hydrogens is 538 g/mol. The summed E-state index contributed by atoms with van der Waals surface area (Å²) in [5.41, 5.74) is 22.9. The van der Waals surface area contributed by atoms with Crippen molar-refractivity contribution in [3.63, 3.8) is 0 Å². The van der Waals surface area contributed by atoms with Gasteiger partial charge in [0.1, 0.15) is 6.04 Å². The molecule has 0 aliphatic heterocycles.